The average Bonchev–Trinajstić information content (AvgIpc) is 3.58. The van der Waals surface area contributed by atoms with Crippen molar-refractivity contribution in [2.24, 2.45) is 0 Å². The summed E-state index contributed by atoms with van der Waals surface area (Å²) in [5, 5.41) is 10.1. The third-order valence-electron chi connectivity index (χ3n) is 10.0. The lowest BCUT2D eigenvalue weighted by Gasteiger charge is -2.28. The molecule has 0 spiro atoms. The van der Waals surface area contributed by atoms with E-state index in [2.05, 4.69) is 193 Å². The van der Waals surface area contributed by atoms with Gasteiger partial charge in [-0.3, -0.25) is 0 Å². The van der Waals surface area contributed by atoms with E-state index in [1.165, 1.54) is 80.4 Å². The molecule has 0 atom stereocenters. The predicted octanol–water partition coefficient (Wildman–Crippen LogP) is 14.3. The molecule has 0 aliphatic carbocycles. The third-order valence-corrected chi connectivity index (χ3v) is 11.2. The summed E-state index contributed by atoms with van der Waals surface area (Å²) in [6.07, 6.45) is 0. The van der Waals surface area contributed by atoms with Crippen LogP contribution in [0.15, 0.2) is 188 Å². The van der Waals surface area contributed by atoms with Gasteiger partial charge in [-0.15, -0.1) is 11.3 Å². The van der Waals surface area contributed by atoms with Gasteiger partial charge in [-0.1, -0.05) is 152 Å². The number of hydrogen-bond donors (Lipinski definition) is 0. The molecule has 0 amide bonds. The van der Waals surface area contributed by atoms with E-state index in [1.807, 2.05) is 11.3 Å². The number of anilines is 3. The van der Waals surface area contributed by atoms with Crippen LogP contribution in [-0.4, -0.2) is 0 Å². The zero-order chi connectivity index (χ0) is 33.0. The molecular weight excluding hydrogens is 623 g/mol. The van der Waals surface area contributed by atoms with Gasteiger partial charge in [0.1, 0.15) is 0 Å². The SMILES string of the molecule is c1ccc(-c2cccc(N(c3cccc4ccccc34)c3cccc4sc5c6ccccc6c(-c6cccc7ccccc67)cc5c34)c2)cc1. The van der Waals surface area contributed by atoms with Crippen LogP contribution in [0.25, 0.3) is 74.7 Å². The van der Waals surface area contributed by atoms with Crippen molar-refractivity contribution in [1.29, 1.82) is 0 Å². The molecule has 0 fully saturated rings. The molecule has 0 aliphatic heterocycles. The lowest BCUT2D eigenvalue weighted by Crippen LogP contribution is -2.11. The van der Waals surface area contributed by atoms with Crippen molar-refractivity contribution in [1.82, 2.24) is 0 Å². The van der Waals surface area contributed by atoms with Gasteiger partial charge < -0.3 is 4.90 Å². The first-order chi connectivity index (χ1) is 24.8. The fourth-order valence-electron chi connectivity index (χ4n) is 7.77. The Labute approximate surface area is 294 Å². The highest BCUT2D eigenvalue weighted by molar-refractivity contribution is 7.26. The quantitative estimate of drug-likeness (QED) is 0.179. The molecule has 234 valence electrons. The Hall–Kier alpha value is -6.22. The number of thiophene rings is 1. The van der Waals surface area contributed by atoms with Crippen molar-refractivity contribution in [2.75, 3.05) is 4.90 Å². The maximum Gasteiger partial charge on any atom is 0.0555 e. The van der Waals surface area contributed by atoms with E-state index in [1.54, 1.807) is 0 Å². The third kappa shape index (κ3) is 4.61. The average molecular weight is 654 g/mol. The van der Waals surface area contributed by atoms with Crippen LogP contribution in [0.4, 0.5) is 17.1 Å². The van der Waals surface area contributed by atoms with Gasteiger partial charge >= 0.3 is 0 Å². The summed E-state index contributed by atoms with van der Waals surface area (Å²) in [6, 6.07) is 68.7. The second-order valence-electron chi connectivity index (χ2n) is 12.9. The number of benzene rings is 9. The van der Waals surface area contributed by atoms with Crippen LogP contribution in [0, 0.1) is 0 Å². The molecule has 10 rings (SSSR count). The maximum atomic E-state index is 2.48. The normalized spacial score (nSPS) is 11.6. The van der Waals surface area contributed by atoms with Crippen LogP contribution < -0.4 is 4.90 Å². The Bertz CT molecular complexity index is 2870. The van der Waals surface area contributed by atoms with Crippen LogP contribution in [0.2, 0.25) is 0 Å². The van der Waals surface area contributed by atoms with E-state index in [4.69, 9.17) is 0 Å². The van der Waals surface area contributed by atoms with Crippen LogP contribution in [0.3, 0.4) is 0 Å². The first kappa shape index (κ1) is 28.8. The minimum absolute atomic E-state index is 1.13. The zero-order valence-corrected chi connectivity index (χ0v) is 28.1. The van der Waals surface area contributed by atoms with E-state index >= 15 is 0 Å². The summed E-state index contributed by atoms with van der Waals surface area (Å²) in [4.78, 5) is 2.48. The van der Waals surface area contributed by atoms with Crippen LogP contribution >= 0.6 is 11.3 Å². The smallest absolute Gasteiger partial charge is 0.0555 e. The van der Waals surface area contributed by atoms with E-state index in [0.29, 0.717) is 0 Å². The molecule has 0 radical (unpaired) electrons. The Balaban J connectivity index is 1.31. The zero-order valence-electron chi connectivity index (χ0n) is 27.3. The molecule has 0 saturated carbocycles. The van der Waals surface area contributed by atoms with Crippen LogP contribution in [0.5, 0.6) is 0 Å². The summed E-state index contributed by atoms with van der Waals surface area (Å²) in [5.74, 6) is 0. The number of nitrogens with zero attached hydrogens (tertiary/aromatic N) is 1. The largest absolute Gasteiger partial charge is 0.309 e. The molecule has 0 aliphatic rings. The van der Waals surface area contributed by atoms with Crippen molar-refractivity contribution < 1.29 is 0 Å². The Morgan fingerprint density at radius 3 is 1.80 bits per heavy atom. The highest BCUT2D eigenvalue weighted by atomic mass is 32.1. The molecule has 1 aromatic heterocycles. The molecule has 9 aromatic carbocycles. The minimum atomic E-state index is 1.13. The monoisotopic (exact) mass is 653 g/mol. The molecule has 1 nitrogen and oxygen atoms in total. The van der Waals surface area contributed by atoms with Gasteiger partial charge in [-0.25, -0.2) is 0 Å². The van der Waals surface area contributed by atoms with Crippen molar-refractivity contribution in [3.05, 3.63) is 188 Å². The molecule has 0 unspecified atom stereocenters. The summed E-state index contributed by atoms with van der Waals surface area (Å²) in [5.41, 5.74) is 8.40. The summed E-state index contributed by atoms with van der Waals surface area (Å²) >= 11 is 1.90. The molecule has 2 heteroatoms. The van der Waals surface area contributed by atoms with Gasteiger partial charge in [0, 0.05) is 36.6 Å². The second-order valence-corrected chi connectivity index (χ2v) is 13.9. The van der Waals surface area contributed by atoms with Crippen LogP contribution in [0.1, 0.15) is 0 Å². The van der Waals surface area contributed by atoms with Gasteiger partial charge in [0.15, 0.2) is 0 Å². The standard InChI is InChI=1S/C48H31NS/c1-2-14-32(15-3-1)35-20-10-21-36(30-35)49(44-27-12-19-34-17-5-7-23-38(34)44)45-28-13-29-46-47(45)43-31-42(40-24-8-9-25-41(40)48(43)50-46)39-26-11-18-33-16-4-6-22-37(33)39/h1-31H. The van der Waals surface area contributed by atoms with E-state index in [0.717, 1.165) is 11.4 Å². The molecule has 10 aromatic rings. The molecule has 0 saturated heterocycles. The molecule has 0 N–H and O–H groups in total. The van der Waals surface area contributed by atoms with Crippen molar-refractivity contribution >= 4 is 80.9 Å². The Morgan fingerprint density at radius 2 is 0.960 bits per heavy atom. The van der Waals surface area contributed by atoms with Gasteiger partial charge in [0.2, 0.25) is 0 Å². The van der Waals surface area contributed by atoms with Gasteiger partial charge in [0.05, 0.1) is 11.4 Å². The Morgan fingerprint density at radius 1 is 0.360 bits per heavy atom. The Kier molecular flexibility index (Phi) is 6.75. The number of fused-ring (bicyclic) bond motifs is 7. The van der Waals surface area contributed by atoms with Crippen molar-refractivity contribution in [3.63, 3.8) is 0 Å². The molecule has 1 heterocycles. The summed E-state index contributed by atoms with van der Waals surface area (Å²) in [6.45, 7) is 0. The lowest BCUT2D eigenvalue weighted by molar-refractivity contribution is 1.32. The predicted molar refractivity (Wildman–Crippen MR) is 217 cm³/mol. The first-order valence-electron chi connectivity index (χ1n) is 17.1. The van der Waals surface area contributed by atoms with E-state index < -0.39 is 0 Å². The van der Waals surface area contributed by atoms with Gasteiger partial charge in [-0.05, 0) is 80.2 Å². The van der Waals surface area contributed by atoms with E-state index in [9.17, 15) is 0 Å². The number of hydrogen-bond acceptors (Lipinski definition) is 2. The first-order valence-corrected chi connectivity index (χ1v) is 17.9. The molecule has 0 bridgehead atoms. The summed E-state index contributed by atoms with van der Waals surface area (Å²) < 4.78 is 2.60. The van der Waals surface area contributed by atoms with Gasteiger partial charge in [0.25, 0.3) is 0 Å². The topological polar surface area (TPSA) is 3.24 Å². The second kappa shape index (κ2) is 11.7. The highest BCUT2D eigenvalue weighted by Gasteiger charge is 2.22. The highest BCUT2D eigenvalue weighted by Crippen LogP contribution is 2.50. The van der Waals surface area contributed by atoms with Gasteiger partial charge in [-0.2, -0.15) is 0 Å². The van der Waals surface area contributed by atoms with E-state index in [-0.39, 0.29) is 0 Å². The minimum Gasteiger partial charge on any atom is -0.309 e. The summed E-state index contributed by atoms with van der Waals surface area (Å²) in [7, 11) is 0. The van der Waals surface area contributed by atoms with Crippen molar-refractivity contribution in [2.45, 2.75) is 0 Å². The fourth-order valence-corrected chi connectivity index (χ4v) is 9.01. The fraction of sp³-hybridized carbons (Fsp3) is 0. The van der Waals surface area contributed by atoms with Crippen LogP contribution in [-0.2, 0) is 0 Å². The lowest BCUT2D eigenvalue weighted by atomic mass is 9.92. The number of rotatable bonds is 5. The van der Waals surface area contributed by atoms with Crippen molar-refractivity contribution in [3.8, 4) is 22.3 Å². The molecule has 50 heavy (non-hydrogen) atoms. The maximum absolute atomic E-state index is 2.48. The molecular formula is C48H31NS.